The summed E-state index contributed by atoms with van der Waals surface area (Å²) in [5, 5.41) is 17.5. The fourth-order valence-corrected chi connectivity index (χ4v) is 0.973. The molecule has 16 heavy (non-hydrogen) atoms. The van der Waals surface area contributed by atoms with E-state index in [2.05, 4.69) is 0 Å². The van der Waals surface area contributed by atoms with Gasteiger partial charge in [0.1, 0.15) is 11.8 Å². The van der Waals surface area contributed by atoms with E-state index in [4.69, 9.17) is 22.6 Å². The van der Waals surface area contributed by atoms with Gasteiger partial charge in [0.05, 0.1) is 0 Å². The number of nitrogens with two attached hydrogens (primary N) is 1. The Morgan fingerprint density at radius 2 is 1.75 bits per heavy atom. The summed E-state index contributed by atoms with van der Waals surface area (Å²) in [5.41, 5.74) is 6.12. The summed E-state index contributed by atoms with van der Waals surface area (Å²) < 4.78 is 17.0. The number of hydrogen-bond acceptors (Lipinski definition) is 5. The Morgan fingerprint density at radius 1 is 1.31 bits per heavy atom. The Hall–Kier alpha value is -1.24. The Bertz CT molecular complexity index is 372. The third-order valence-electron chi connectivity index (χ3n) is 1.71. The predicted octanol–water partition coefficient (Wildman–Crippen LogP) is 0.107. The van der Waals surface area contributed by atoms with Gasteiger partial charge in [-0.25, -0.2) is 0 Å². The number of carboxylic acids is 1. The van der Waals surface area contributed by atoms with Gasteiger partial charge in [-0.15, -0.1) is 0 Å². The molecule has 4 N–H and O–H groups in total. The first kappa shape index (κ1) is 14.8. The van der Waals surface area contributed by atoms with Crippen LogP contribution in [0.5, 0.6) is 5.75 Å². The van der Waals surface area contributed by atoms with Gasteiger partial charge in [0.2, 0.25) is 0 Å². The van der Waals surface area contributed by atoms with Gasteiger partial charge in [0.25, 0.3) is 0 Å². The van der Waals surface area contributed by atoms with Gasteiger partial charge in [-0.3, -0.25) is 4.79 Å². The van der Waals surface area contributed by atoms with E-state index >= 15 is 0 Å². The second-order valence-electron chi connectivity index (χ2n) is 2.90. The second-order valence-corrected chi connectivity index (χ2v) is 3.16. The van der Waals surface area contributed by atoms with Crippen molar-refractivity contribution in [1.82, 2.24) is 0 Å². The van der Waals surface area contributed by atoms with Gasteiger partial charge < -0.3 is 15.9 Å². The molecule has 6 nitrogen and oxygen atoms in total. The SMILES string of the molecule is N[C@@H](Cc1ccc(O)cc1)C(=O)O.[O]=[Ti]=[O]. The molecule has 0 aliphatic heterocycles. The van der Waals surface area contributed by atoms with Crippen molar-refractivity contribution >= 4 is 5.97 Å². The van der Waals surface area contributed by atoms with E-state index in [-0.39, 0.29) is 12.2 Å². The molecule has 0 fully saturated rings. The van der Waals surface area contributed by atoms with E-state index in [1.807, 2.05) is 0 Å². The van der Waals surface area contributed by atoms with E-state index < -0.39 is 31.1 Å². The summed E-state index contributed by atoms with van der Waals surface area (Å²) in [4.78, 5) is 10.4. The summed E-state index contributed by atoms with van der Waals surface area (Å²) in [6, 6.07) is 5.42. The molecule has 86 valence electrons. The first-order valence-corrected chi connectivity index (χ1v) is 5.54. The van der Waals surface area contributed by atoms with Crippen LogP contribution >= 0.6 is 0 Å². The van der Waals surface area contributed by atoms with Gasteiger partial charge in [-0.1, -0.05) is 12.1 Å². The van der Waals surface area contributed by atoms with Gasteiger partial charge >= 0.3 is 31.7 Å². The molecule has 0 amide bonds. The normalized spacial score (nSPS) is 10.6. The molecule has 0 unspecified atom stereocenters. The minimum absolute atomic E-state index is 0.160. The molecule has 0 bridgehead atoms. The fraction of sp³-hybridized carbons (Fsp3) is 0.222. The number of hydrogen-bond donors (Lipinski definition) is 3. The Balaban J connectivity index is 0.000000673. The van der Waals surface area contributed by atoms with Crippen molar-refractivity contribution in [3.8, 4) is 5.75 Å². The maximum absolute atomic E-state index is 10.4. The number of phenols is 1. The molecule has 0 aliphatic rings. The van der Waals surface area contributed by atoms with E-state index in [0.29, 0.717) is 0 Å². The van der Waals surface area contributed by atoms with Gasteiger partial charge in [-0.05, 0) is 24.1 Å². The molecule has 0 saturated carbocycles. The molecular formula is C9H11NO5Ti. The summed E-state index contributed by atoms with van der Waals surface area (Å²) in [6.07, 6.45) is 0.273. The Labute approximate surface area is 101 Å². The van der Waals surface area contributed by atoms with Gasteiger partial charge in [-0.2, -0.15) is 0 Å². The zero-order chi connectivity index (χ0) is 12.6. The number of benzene rings is 1. The minimum atomic E-state index is -2.00. The van der Waals surface area contributed by atoms with Crippen LogP contribution in [-0.4, -0.2) is 22.2 Å². The van der Waals surface area contributed by atoms with Crippen LogP contribution in [0.2, 0.25) is 0 Å². The van der Waals surface area contributed by atoms with Crippen LogP contribution < -0.4 is 5.73 Å². The molecule has 7 heteroatoms. The Morgan fingerprint density at radius 3 is 2.12 bits per heavy atom. The average Bonchev–Trinajstić information content (AvgIpc) is 2.22. The number of phenolic OH excluding ortho intramolecular Hbond substituents is 1. The predicted molar refractivity (Wildman–Crippen MR) is 48.8 cm³/mol. The van der Waals surface area contributed by atoms with E-state index in [9.17, 15) is 4.79 Å². The molecule has 0 spiro atoms. The van der Waals surface area contributed by atoms with E-state index in [1.165, 1.54) is 12.1 Å². The van der Waals surface area contributed by atoms with Crippen LogP contribution in [0.1, 0.15) is 5.56 Å². The molecule has 0 heterocycles. The van der Waals surface area contributed by atoms with Crippen LogP contribution in [-0.2, 0) is 37.0 Å². The first-order valence-electron chi connectivity index (χ1n) is 4.26. The molecule has 0 radical (unpaired) electrons. The number of aromatic hydroxyl groups is 1. The van der Waals surface area contributed by atoms with Crippen molar-refractivity contribution in [2.24, 2.45) is 5.73 Å². The van der Waals surface area contributed by atoms with Gasteiger partial charge in [0, 0.05) is 0 Å². The fourth-order valence-electron chi connectivity index (χ4n) is 0.973. The monoisotopic (exact) mass is 261 g/mol. The van der Waals surface area contributed by atoms with Crippen LogP contribution in [0.3, 0.4) is 0 Å². The molecule has 0 saturated heterocycles. The standard InChI is InChI=1S/C9H11NO3.2O.Ti/c10-8(9(12)13)5-6-1-3-7(11)4-2-6;;;/h1-4,8,11H,5,10H2,(H,12,13);;;/t8-;;;/m0.../s1. The summed E-state index contributed by atoms with van der Waals surface area (Å²) >= 11 is -2.00. The third-order valence-corrected chi connectivity index (χ3v) is 1.71. The van der Waals surface area contributed by atoms with Crippen molar-refractivity contribution in [1.29, 1.82) is 0 Å². The van der Waals surface area contributed by atoms with E-state index in [1.54, 1.807) is 12.1 Å². The molecule has 1 aromatic rings. The molecule has 1 rings (SSSR count). The van der Waals surface area contributed by atoms with Crippen LogP contribution in [0.4, 0.5) is 0 Å². The maximum atomic E-state index is 10.4. The van der Waals surface area contributed by atoms with Gasteiger partial charge in [0.15, 0.2) is 0 Å². The number of aliphatic carboxylic acids is 1. The van der Waals surface area contributed by atoms with E-state index in [0.717, 1.165) is 5.56 Å². The van der Waals surface area contributed by atoms with Crippen molar-refractivity contribution < 1.29 is 40.7 Å². The summed E-state index contributed by atoms with van der Waals surface area (Å²) in [7, 11) is 0. The van der Waals surface area contributed by atoms with Crippen LogP contribution in [0, 0.1) is 0 Å². The number of rotatable bonds is 3. The molecule has 0 aliphatic carbocycles. The second kappa shape index (κ2) is 7.98. The Kier molecular flexibility index (Phi) is 7.36. The topological polar surface area (TPSA) is 118 Å². The third kappa shape index (κ3) is 6.29. The summed E-state index contributed by atoms with van der Waals surface area (Å²) in [5.74, 6) is -0.860. The zero-order valence-corrected chi connectivity index (χ0v) is 9.85. The van der Waals surface area contributed by atoms with Crippen LogP contribution in [0.15, 0.2) is 24.3 Å². The van der Waals surface area contributed by atoms with Crippen molar-refractivity contribution in [3.05, 3.63) is 29.8 Å². The molecule has 1 atom stereocenters. The molecular weight excluding hydrogens is 250 g/mol. The quantitative estimate of drug-likeness (QED) is 0.664. The van der Waals surface area contributed by atoms with Crippen molar-refractivity contribution in [2.45, 2.75) is 12.5 Å². The van der Waals surface area contributed by atoms with Crippen LogP contribution in [0.25, 0.3) is 0 Å². The number of carboxylic acid groups (broad SMARTS) is 1. The zero-order valence-electron chi connectivity index (χ0n) is 8.29. The average molecular weight is 261 g/mol. The van der Waals surface area contributed by atoms with Crippen molar-refractivity contribution in [2.75, 3.05) is 0 Å². The molecule has 0 aromatic heterocycles. The number of carbonyl (C=O) groups is 1. The molecule has 1 aromatic carbocycles. The first-order chi connectivity index (χ1) is 7.51. The summed E-state index contributed by atoms with van der Waals surface area (Å²) in [6.45, 7) is 0. The van der Waals surface area contributed by atoms with Crippen molar-refractivity contribution in [3.63, 3.8) is 0 Å².